The first-order valence-electron chi connectivity index (χ1n) is 8.54. The van der Waals surface area contributed by atoms with Crippen LogP contribution in [-0.2, 0) is 9.59 Å². The Labute approximate surface area is 127 Å². The van der Waals surface area contributed by atoms with E-state index in [0.29, 0.717) is 12.3 Å². The zero-order chi connectivity index (χ0) is 14.7. The van der Waals surface area contributed by atoms with E-state index in [-0.39, 0.29) is 17.9 Å². The molecular formula is C16H27N3O2. The normalized spacial score (nSPS) is 27.6. The molecule has 2 amide bonds. The van der Waals surface area contributed by atoms with Crippen molar-refractivity contribution in [2.24, 2.45) is 5.92 Å². The van der Waals surface area contributed by atoms with Crippen molar-refractivity contribution in [3.63, 3.8) is 0 Å². The van der Waals surface area contributed by atoms with E-state index < -0.39 is 0 Å². The van der Waals surface area contributed by atoms with E-state index in [1.54, 1.807) is 0 Å². The summed E-state index contributed by atoms with van der Waals surface area (Å²) in [4.78, 5) is 28.8. The molecule has 5 heteroatoms. The Kier molecular flexibility index (Phi) is 4.78. The lowest BCUT2D eigenvalue weighted by Gasteiger charge is -2.34. The Morgan fingerprint density at radius 3 is 2.48 bits per heavy atom. The van der Waals surface area contributed by atoms with Crippen LogP contribution in [-0.4, -0.2) is 60.4 Å². The van der Waals surface area contributed by atoms with E-state index in [4.69, 9.17) is 0 Å². The van der Waals surface area contributed by atoms with Crippen molar-refractivity contribution in [2.45, 2.75) is 51.0 Å². The minimum Gasteiger partial charge on any atom is -0.343 e. The summed E-state index contributed by atoms with van der Waals surface area (Å²) >= 11 is 0. The van der Waals surface area contributed by atoms with Crippen LogP contribution >= 0.6 is 0 Å². The Balaban J connectivity index is 1.52. The molecule has 0 aromatic rings. The maximum absolute atomic E-state index is 12.5. The molecule has 118 valence electrons. The number of carbonyl (C=O) groups excluding carboxylic acids is 2. The van der Waals surface area contributed by atoms with Gasteiger partial charge in [0.2, 0.25) is 11.8 Å². The SMILES string of the molecule is O=C(CC1NCCN(CC2CC2)C1=O)N1CCCCCC1. The van der Waals surface area contributed by atoms with E-state index in [2.05, 4.69) is 5.32 Å². The lowest BCUT2D eigenvalue weighted by Crippen LogP contribution is -2.56. The maximum Gasteiger partial charge on any atom is 0.240 e. The van der Waals surface area contributed by atoms with E-state index in [0.717, 1.165) is 45.6 Å². The highest BCUT2D eigenvalue weighted by molar-refractivity contribution is 5.89. The van der Waals surface area contributed by atoms with Crippen LogP contribution in [0, 0.1) is 5.92 Å². The van der Waals surface area contributed by atoms with Gasteiger partial charge in [0.25, 0.3) is 0 Å². The van der Waals surface area contributed by atoms with Crippen LogP contribution in [0.5, 0.6) is 0 Å². The molecule has 3 fully saturated rings. The second-order valence-electron chi connectivity index (χ2n) is 6.73. The van der Waals surface area contributed by atoms with Crippen molar-refractivity contribution in [2.75, 3.05) is 32.7 Å². The van der Waals surface area contributed by atoms with Crippen LogP contribution in [0.2, 0.25) is 0 Å². The highest BCUT2D eigenvalue weighted by atomic mass is 16.2. The molecule has 1 saturated carbocycles. The maximum atomic E-state index is 12.5. The smallest absolute Gasteiger partial charge is 0.240 e. The Hall–Kier alpha value is -1.10. The van der Waals surface area contributed by atoms with E-state index in [1.807, 2.05) is 9.80 Å². The van der Waals surface area contributed by atoms with Crippen LogP contribution in [0.15, 0.2) is 0 Å². The predicted molar refractivity (Wildman–Crippen MR) is 80.8 cm³/mol. The number of carbonyl (C=O) groups is 2. The molecule has 21 heavy (non-hydrogen) atoms. The molecule has 0 aromatic carbocycles. The van der Waals surface area contributed by atoms with Crippen molar-refractivity contribution < 1.29 is 9.59 Å². The van der Waals surface area contributed by atoms with Gasteiger partial charge in [0.1, 0.15) is 0 Å². The van der Waals surface area contributed by atoms with Gasteiger partial charge in [-0.05, 0) is 31.6 Å². The van der Waals surface area contributed by atoms with Crippen LogP contribution < -0.4 is 5.32 Å². The van der Waals surface area contributed by atoms with Crippen molar-refractivity contribution in [3.05, 3.63) is 0 Å². The first-order chi connectivity index (χ1) is 10.2. The first kappa shape index (κ1) is 14.8. The van der Waals surface area contributed by atoms with Crippen LogP contribution in [0.4, 0.5) is 0 Å². The zero-order valence-electron chi connectivity index (χ0n) is 12.9. The van der Waals surface area contributed by atoms with Gasteiger partial charge in [0, 0.05) is 32.7 Å². The van der Waals surface area contributed by atoms with Gasteiger partial charge in [0.05, 0.1) is 12.5 Å². The summed E-state index contributed by atoms with van der Waals surface area (Å²) in [6.45, 7) is 4.24. The number of nitrogens with zero attached hydrogens (tertiary/aromatic N) is 2. The number of rotatable bonds is 4. The highest BCUT2D eigenvalue weighted by Crippen LogP contribution is 2.30. The summed E-state index contributed by atoms with van der Waals surface area (Å²) < 4.78 is 0. The summed E-state index contributed by atoms with van der Waals surface area (Å²) in [5.41, 5.74) is 0. The summed E-state index contributed by atoms with van der Waals surface area (Å²) in [6.07, 6.45) is 7.50. The number of nitrogens with one attached hydrogen (secondary N) is 1. The quantitative estimate of drug-likeness (QED) is 0.841. The molecule has 1 aliphatic carbocycles. The molecule has 0 aromatic heterocycles. The molecule has 0 radical (unpaired) electrons. The topological polar surface area (TPSA) is 52.7 Å². The fourth-order valence-electron chi connectivity index (χ4n) is 3.37. The first-order valence-corrected chi connectivity index (χ1v) is 8.54. The lowest BCUT2D eigenvalue weighted by atomic mass is 10.1. The van der Waals surface area contributed by atoms with E-state index in [1.165, 1.54) is 25.7 Å². The summed E-state index contributed by atoms with van der Waals surface area (Å²) in [5, 5.41) is 3.24. The minimum absolute atomic E-state index is 0.135. The molecule has 3 rings (SSSR count). The van der Waals surface area contributed by atoms with Gasteiger partial charge in [-0.15, -0.1) is 0 Å². The van der Waals surface area contributed by atoms with Gasteiger partial charge < -0.3 is 15.1 Å². The largest absolute Gasteiger partial charge is 0.343 e. The Morgan fingerprint density at radius 1 is 1.10 bits per heavy atom. The standard InChI is InChI=1S/C16H27N3O2/c20-15(18-8-3-1-2-4-9-18)11-14-16(21)19(10-7-17-14)12-13-5-6-13/h13-14,17H,1-12H2. The number of hydrogen-bond donors (Lipinski definition) is 1. The van der Waals surface area contributed by atoms with Crippen molar-refractivity contribution in [1.82, 2.24) is 15.1 Å². The van der Waals surface area contributed by atoms with Crippen LogP contribution in [0.3, 0.4) is 0 Å². The third kappa shape index (κ3) is 3.96. The van der Waals surface area contributed by atoms with Gasteiger partial charge in [-0.25, -0.2) is 0 Å². The number of hydrogen-bond acceptors (Lipinski definition) is 3. The fraction of sp³-hybridized carbons (Fsp3) is 0.875. The molecule has 0 bridgehead atoms. The third-order valence-electron chi connectivity index (χ3n) is 4.90. The van der Waals surface area contributed by atoms with Crippen LogP contribution in [0.1, 0.15) is 44.9 Å². The second kappa shape index (κ2) is 6.77. The van der Waals surface area contributed by atoms with E-state index in [9.17, 15) is 9.59 Å². The zero-order valence-corrected chi connectivity index (χ0v) is 12.9. The van der Waals surface area contributed by atoms with Crippen molar-refractivity contribution in [1.29, 1.82) is 0 Å². The monoisotopic (exact) mass is 293 g/mol. The Bertz CT molecular complexity index is 387. The Morgan fingerprint density at radius 2 is 1.81 bits per heavy atom. The minimum atomic E-state index is -0.298. The second-order valence-corrected chi connectivity index (χ2v) is 6.73. The number of amides is 2. The van der Waals surface area contributed by atoms with E-state index >= 15 is 0 Å². The molecule has 3 aliphatic rings. The summed E-state index contributed by atoms with van der Waals surface area (Å²) in [7, 11) is 0. The van der Waals surface area contributed by atoms with Crippen molar-refractivity contribution in [3.8, 4) is 0 Å². The fourth-order valence-corrected chi connectivity index (χ4v) is 3.37. The van der Waals surface area contributed by atoms with Gasteiger partial charge in [0.15, 0.2) is 0 Å². The third-order valence-corrected chi connectivity index (χ3v) is 4.90. The highest BCUT2D eigenvalue weighted by Gasteiger charge is 2.34. The molecule has 5 nitrogen and oxygen atoms in total. The molecule has 2 heterocycles. The molecule has 1 atom stereocenters. The van der Waals surface area contributed by atoms with Gasteiger partial charge in [-0.1, -0.05) is 12.8 Å². The average molecular weight is 293 g/mol. The molecule has 2 aliphatic heterocycles. The number of likely N-dealkylation sites (tertiary alicyclic amines) is 1. The molecule has 1 N–H and O–H groups in total. The summed E-state index contributed by atoms with van der Waals surface area (Å²) in [6, 6.07) is -0.298. The summed E-state index contributed by atoms with van der Waals surface area (Å²) in [5.74, 6) is 1.00. The van der Waals surface area contributed by atoms with Crippen molar-refractivity contribution >= 4 is 11.8 Å². The molecule has 0 spiro atoms. The van der Waals surface area contributed by atoms with Crippen LogP contribution in [0.25, 0.3) is 0 Å². The molecule has 1 unspecified atom stereocenters. The predicted octanol–water partition coefficient (Wildman–Crippen LogP) is 0.989. The van der Waals surface area contributed by atoms with Gasteiger partial charge in [-0.2, -0.15) is 0 Å². The molecular weight excluding hydrogens is 266 g/mol. The lowest BCUT2D eigenvalue weighted by molar-refractivity contribution is -0.141. The van der Waals surface area contributed by atoms with Gasteiger partial charge >= 0.3 is 0 Å². The number of piperazine rings is 1. The average Bonchev–Trinajstić information content (AvgIpc) is 3.29. The van der Waals surface area contributed by atoms with Gasteiger partial charge in [-0.3, -0.25) is 9.59 Å². The molecule has 2 saturated heterocycles.